The summed E-state index contributed by atoms with van der Waals surface area (Å²) in [4.78, 5) is 0. The van der Waals surface area contributed by atoms with Gasteiger partial charge in [-0.1, -0.05) is 0 Å². The van der Waals surface area contributed by atoms with Crippen molar-refractivity contribution in [2.75, 3.05) is 0 Å². The molecule has 0 aliphatic carbocycles. The number of hydrogen-bond donors (Lipinski definition) is 2. The second-order valence-electron chi connectivity index (χ2n) is 3.38. The lowest BCUT2D eigenvalue weighted by Crippen LogP contribution is -2.23. The van der Waals surface area contributed by atoms with Gasteiger partial charge in [0.15, 0.2) is 0 Å². The van der Waals surface area contributed by atoms with Gasteiger partial charge in [-0.15, -0.1) is 0 Å². The Bertz CT molecular complexity index is 165. The molecule has 2 N–H and O–H groups in total. The first-order valence-electron chi connectivity index (χ1n) is 4.58. The standard InChI is InChI=1S/C8H19O5P/c1-5(9)7(3)12-14(11)13-8(4)6(2)10/h5-10,14H,1-4H3. The van der Waals surface area contributed by atoms with Crippen molar-refractivity contribution >= 4 is 8.25 Å². The van der Waals surface area contributed by atoms with Gasteiger partial charge in [-0.2, -0.15) is 0 Å². The van der Waals surface area contributed by atoms with Crippen molar-refractivity contribution in [1.82, 2.24) is 0 Å². The number of hydrogen-bond acceptors (Lipinski definition) is 5. The lowest BCUT2D eigenvalue weighted by atomic mass is 10.3. The molecule has 0 heterocycles. The molecule has 0 aliphatic heterocycles. The van der Waals surface area contributed by atoms with Crippen molar-refractivity contribution in [3.05, 3.63) is 0 Å². The zero-order valence-electron chi connectivity index (χ0n) is 8.93. The van der Waals surface area contributed by atoms with Gasteiger partial charge in [0.05, 0.1) is 24.4 Å². The third-order valence-corrected chi connectivity index (χ3v) is 3.05. The quantitative estimate of drug-likeness (QED) is 0.659. The van der Waals surface area contributed by atoms with E-state index in [2.05, 4.69) is 0 Å². The van der Waals surface area contributed by atoms with Gasteiger partial charge in [0.25, 0.3) is 0 Å². The molecular formula is C8H19O5P. The Morgan fingerprint density at radius 3 is 1.43 bits per heavy atom. The van der Waals surface area contributed by atoms with E-state index in [4.69, 9.17) is 19.3 Å². The second kappa shape index (κ2) is 6.53. The normalized spacial score (nSPS) is 22.4. The van der Waals surface area contributed by atoms with Crippen molar-refractivity contribution in [3.8, 4) is 0 Å². The summed E-state index contributed by atoms with van der Waals surface area (Å²) in [6.07, 6.45) is -2.48. The molecule has 0 bridgehead atoms. The van der Waals surface area contributed by atoms with Crippen LogP contribution in [0.2, 0.25) is 0 Å². The number of aliphatic hydroxyl groups excluding tert-OH is 2. The van der Waals surface area contributed by atoms with E-state index in [-0.39, 0.29) is 0 Å². The molecule has 0 saturated carbocycles. The smallest absolute Gasteiger partial charge is 0.319 e. The Kier molecular flexibility index (Phi) is 6.57. The Labute approximate surface area is 85.0 Å². The largest absolute Gasteiger partial charge is 0.391 e. The van der Waals surface area contributed by atoms with E-state index in [9.17, 15) is 4.57 Å². The molecule has 0 spiro atoms. The highest BCUT2D eigenvalue weighted by molar-refractivity contribution is 7.33. The van der Waals surface area contributed by atoms with Crippen molar-refractivity contribution in [2.24, 2.45) is 0 Å². The predicted octanol–water partition coefficient (Wildman–Crippen LogP) is 0.948. The summed E-state index contributed by atoms with van der Waals surface area (Å²) in [5.41, 5.74) is 0. The monoisotopic (exact) mass is 226 g/mol. The summed E-state index contributed by atoms with van der Waals surface area (Å²) < 4.78 is 21.0. The van der Waals surface area contributed by atoms with Crippen LogP contribution in [0.5, 0.6) is 0 Å². The molecule has 4 atom stereocenters. The van der Waals surface area contributed by atoms with Crippen molar-refractivity contribution in [2.45, 2.75) is 52.1 Å². The highest BCUT2D eigenvalue weighted by Crippen LogP contribution is 2.29. The van der Waals surface area contributed by atoms with Crippen LogP contribution in [0.3, 0.4) is 0 Å². The fourth-order valence-electron chi connectivity index (χ4n) is 0.528. The average molecular weight is 226 g/mol. The molecule has 0 fully saturated rings. The average Bonchev–Trinajstić information content (AvgIpc) is 2.03. The van der Waals surface area contributed by atoms with Gasteiger partial charge in [0, 0.05) is 0 Å². The van der Waals surface area contributed by atoms with Crippen LogP contribution >= 0.6 is 8.25 Å². The summed E-state index contributed by atoms with van der Waals surface area (Å²) >= 11 is 0. The maximum atomic E-state index is 11.2. The van der Waals surface area contributed by atoms with E-state index in [1.165, 1.54) is 13.8 Å². The molecule has 0 amide bonds. The fraction of sp³-hybridized carbons (Fsp3) is 1.00. The molecule has 86 valence electrons. The Morgan fingerprint density at radius 2 is 1.21 bits per heavy atom. The topological polar surface area (TPSA) is 76.0 Å². The van der Waals surface area contributed by atoms with E-state index in [0.29, 0.717) is 0 Å². The summed E-state index contributed by atoms with van der Waals surface area (Å²) in [5.74, 6) is 0. The number of rotatable bonds is 6. The highest BCUT2D eigenvalue weighted by Gasteiger charge is 2.17. The van der Waals surface area contributed by atoms with Gasteiger partial charge in [0.1, 0.15) is 0 Å². The van der Waals surface area contributed by atoms with Crippen LogP contribution in [0.4, 0.5) is 0 Å². The molecule has 14 heavy (non-hydrogen) atoms. The first-order valence-corrected chi connectivity index (χ1v) is 5.80. The maximum absolute atomic E-state index is 11.2. The fourth-order valence-corrected chi connectivity index (χ4v) is 1.58. The molecule has 0 aliphatic rings. The summed E-state index contributed by atoms with van der Waals surface area (Å²) in [5, 5.41) is 18.1. The van der Waals surface area contributed by atoms with Crippen LogP contribution in [-0.2, 0) is 13.6 Å². The van der Waals surface area contributed by atoms with Crippen molar-refractivity contribution in [1.29, 1.82) is 0 Å². The van der Waals surface area contributed by atoms with Crippen molar-refractivity contribution < 1.29 is 23.8 Å². The zero-order valence-corrected chi connectivity index (χ0v) is 9.93. The zero-order chi connectivity index (χ0) is 11.3. The number of aliphatic hydroxyl groups is 2. The summed E-state index contributed by atoms with van der Waals surface area (Å²) in [7, 11) is -2.65. The van der Waals surface area contributed by atoms with Crippen LogP contribution in [0.25, 0.3) is 0 Å². The molecule has 0 rings (SSSR count). The van der Waals surface area contributed by atoms with Crippen LogP contribution in [0, 0.1) is 0 Å². The van der Waals surface area contributed by atoms with Gasteiger partial charge < -0.3 is 19.3 Å². The minimum Gasteiger partial charge on any atom is -0.391 e. The lowest BCUT2D eigenvalue weighted by Gasteiger charge is -2.19. The second-order valence-corrected chi connectivity index (χ2v) is 4.35. The van der Waals surface area contributed by atoms with E-state index < -0.39 is 32.7 Å². The minimum absolute atomic E-state index is 0.539. The van der Waals surface area contributed by atoms with Gasteiger partial charge in [-0.25, -0.2) is 0 Å². The van der Waals surface area contributed by atoms with E-state index in [0.717, 1.165) is 0 Å². The Hall–Kier alpha value is 0.0700. The molecule has 0 aromatic heterocycles. The summed E-state index contributed by atoms with van der Waals surface area (Å²) in [6.45, 7) is 6.28. The molecule has 4 unspecified atom stereocenters. The first kappa shape index (κ1) is 14.1. The van der Waals surface area contributed by atoms with E-state index in [1.54, 1.807) is 13.8 Å². The van der Waals surface area contributed by atoms with E-state index in [1.807, 2.05) is 0 Å². The van der Waals surface area contributed by atoms with Gasteiger partial charge in [-0.3, -0.25) is 4.57 Å². The van der Waals surface area contributed by atoms with Gasteiger partial charge >= 0.3 is 8.25 Å². The predicted molar refractivity (Wildman–Crippen MR) is 53.5 cm³/mol. The third-order valence-electron chi connectivity index (χ3n) is 1.92. The maximum Gasteiger partial charge on any atom is 0.319 e. The van der Waals surface area contributed by atoms with Crippen LogP contribution in [0.1, 0.15) is 27.7 Å². The van der Waals surface area contributed by atoms with Crippen LogP contribution in [0.15, 0.2) is 0 Å². The molecule has 0 radical (unpaired) electrons. The molecule has 0 saturated heterocycles. The molecule has 0 aromatic rings. The lowest BCUT2D eigenvalue weighted by molar-refractivity contribution is 0.0237. The van der Waals surface area contributed by atoms with E-state index >= 15 is 0 Å². The van der Waals surface area contributed by atoms with Crippen LogP contribution in [-0.4, -0.2) is 34.6 Å². The first-order chi connectivity index (χ1) is 6.34. The third kappa shape index (κ3) is 5.73. The summed E-state index contributed by atoms with van der Waals surface area (Å²) in [6, 6.07) is 0. The minimum atomic E-state index is -2.65. The molecular weight excluding hydrogens is 207 g/mol. The molecule has 6 heteroatoms. The SMILES string of the molecule is CC(O)C(C)O[PH](=O)OC(C)C(C)O. The molecule has 5 nitrogen and oxygen atoms in total. The Balaban J connectivity index is 3.87. The van der Waals surface area contributed by atoms with Crippen molar-refractivity contribution in [3.63, 3.8) is 0 Å². The van der Waals surface area contributed by atoms with Gasteiger partial charge in [-0.05, 0) is 27.7 Å². The highest BCUT2D eigenvalue weighted by atomic mass is 31.1. The Morgan fingerprint density at radius 1 is 0.929 bits per heavy atom. The molecule has 0 aromatic carbocycles. The van der Waals surface area contributed by atoms with Crippen LogP contribution < -0.4 is 0 Å². The van der Waals surface area contributed by atoms with Gasteiger partial charge in [0.2, 0.25) is 0 Å².